The SMILES string of the molecule is CC(CCN(C)C)NC(C)CC1CCCCN1. The lowest BCUT2D eigenvalue weighted by Gasteiger charge is -2.28. The molecule has 3 atom stereocenters. The average molecular weight is 241 g/mol. The highest BCUT2D eigenvalue weighted by atomic mass is 15.1. The van der Waals surface area contributed by atoms with Crippen molar-refractivity contribution in [2.45, 2.75) is 64.1 Å². The Labute approximate surface area is 107 Å². The summed E-state index contributed by atoms with van der Waals surface area (Å²) in [6.45, 7) is 7.01. The van der Waals surface area contributed by atoms with Gasteiger partial charge in [-0.05, 0) is 66.7 Å². The van der Waals surface area contributed by atoms with Crippen LogP contribution in [0.25, 0.3) is 0 Å². The Balaban J connectivity index is 2.12. The Morgan fingerprint density at radius 1 is 1.24 bits per heavy atom. The van der Waals surface area contributed by atoms with Gasteiger partial charge in [0.1, 0.15) is 0 Å². The van der Waals surface area contributed by atoms with Crippen LogP contribution in [0.3, 0.4) is 0 Å². The molecule has 0 radical (unpaired) electrons. The zero-order valence-electron chi connectivity index (χ0n) is 12.1. The van der Waals surface area contributed by atoms with Crippen LogP contribution in [0.1, 0.15) is 46.0 Å². The Hall–Kier alpha value is -0.120. The van der Waals surface area contributed by atoms with E-state index in [1.165, 1.54) is 45.2 Å². The largest absolute Gasteiger partial charge is 0.314 e. The number of hydrogen-bond donors (Lipinski definition) is 2. The highest BCUT2D eigenvalue weighted by Crippen LogP contribution is 2.12. The van der Waals surface area contributed by atoms with Crippen LogP contribution in [-0.4, -0.2) is 50.2 Å². The van der Waals surface area contributed by atoms with Gasteiger partial charge in [0.25, 0.3) is 0 Å². The van der Waals surface area contributed by atoms with E-state index in [0.717, 1.165) is 6.04 Å². The van der Waals surface area contributed by atoms with Gasteiger partial charge in [-0.2, -0.15) is 0 Å². The van der Waals surface area contributed by atoms with Crippen molar-refractivity contribution >= 4 is 0 Å². The number of nitrogens with zero attached hydrogens (tertiary/aromatic N) is 1. The first kappa shape index (κ1) is 14.9. The zero-order chi connectivity index (χ0) is 12.7. The van der Waals surface area contributed by atoms with Gasteiger partial charge in [-0.15, -0.1) is 0 Å². The second-order valence-electron chi connectivity index (χ2n) is 5.94. The third-order valence-corrected chi connectivity index (χ3v) is 3.63. The standard InChI is InChI=1S/C14H31N3/c1-12(8-10-17(3)4)16-13(2)11-14-7-5-6-9-15-14/h12-16H,5-11H2,1-4H3. The van der Waals surface area contributed by atoms with Crippen LogP contribution in [0.2, 0.25) is 0 Å². The van der Waals surface area contributed by atoms with Crippen LogP contribution in [0.15, 0.2) is 0 Å². The van der Waals surface area contributed by atoms with Crippen LogP contribution < -0.4 is 10.6 Å². The maximum absolute atomic E-state index is 3.72. The average Bonchev–Trinajstić information content (AvgIpc) is 2.27. The van der Waals surface area contributed by atoms with E-state index in [2.05, 4.69) is 43.5 Å². The topological polar surface area (TPSA) is 27.3 Å². The second-order valence-corrected chi connectivity index (χ2v) is 5.94. The van der Waals surface area contributed by atoms with Gasteiger partial charge in [0.2, 0.25) is 0 Å². The summed E-state index contributed by atoms with van der Waals surface area (Å²) < 4.78 is 0. The van der Waals surface area contributed by atoms with Gasteiger partial charge in [-0.3, -0.25) is 0 Å². The normalized spacial score (nSPS) is 24.9. The van der Waals surface area contributed by atoms with E-state index in [1.54, 1.807) is 0 Å². The molecule has 1 heterocycles. The van der Waals surface area contributed by atoms with Crippen molar-refractivity contribution in [1.29, 1.82) is 0 Å². The fraction of sp³-hybridized carbons (Fsp3) is 1.00. The van der Waals surface area contributed by atoms with E-state index in [-0.39, 0.29) is 0 Å². The van der Waals surface area contributed by atoms with Crippen LogP contribution in [0, 0.1) is 0 Å². The van der Waals surface area contributed by atoms with Crippen molar-refractivity contribution < 1.29 is 0 Å². The summed E-state index contributed by atoms with van der Waals surface area (Å²) in [5, 5.41) is 7.34. The third-order valence-electron chi connectivity index (χ3n) is 3.63. The molecule has 0 amide bonds. The number of hydrogen-bond acceptors (Lipinski definition) is 3. The molecule has 0 aromatic rings. The molecule has 0 aromatic carbocycles. The molecule has 0 aromatic heterocycles. The summed E-state index contributed by atoms with van der Waals surface area (Å²) in [5.41, 5.74) is 0. The molecule has 3 nitrogen and oxygen atoms in total. The summed E-state index contributed by atoms with van der Waals surface area (Å²) in [4.78, 5) is 2.26. The van der Waals surface area contributed by atoms with Crippen LogP contribution in [0.4, 0.5) is 0 Å². The van der Waals surface area contributed by atoms with Gasteiger partial charge in [0.05, 0.1) is 0 Å². The summed E-state index contributed by atoms with van der Waals surface area (Å²) >= 11 is 0. The molecule has 102 valence electrons. The Kier molecular flexibility index (Phi) is 7.09. The molecule has 1 fully saturated rings. The van der Waals surface area contributed by atoms with Gasteiger partial charge in [-0.1, -0.05) is 6.42 Å². The second kappa shape index (κ2) is 8.06. The fourth-order valence-electron chi connectivity index (χ4n) is 2.64. The highest BCUT2D eigenvalue weighted by Gasteiger charge is 2.16. The molecule has 0 spiro atoms. The summed E-state index contributed by atoms with van der Waals surface area (Å²) in [6.07, 6.45) is 6.62. The van der Waals surface area contributed by atoms with Crippen molar-refractivity contribution in [2.24, 2.45) is 0 Å². The number of nitrogens with one attached hydrogen (secondary N) is 2. The predicted molar refractivity (Wildman–Crippen MR) is 75.5 cm³/mol. The van der Waals surface area contributed by atoms with Crippen molar-refractivity contribution in [3.05, 3.63) is 0 Å². The van der Waals surface area contributed by atoms with Gasteiger partial charge < -0.3 is 15.5 Å². The molecule has 3 unspecified atom stereocenters. The van der Waals surface area contributed by atoms with Gasteiger partial charge >= 0.3 is 0 Å². The molecule has 1 aliphatic heterocycles. The minimum atomic E-state index is 0.621. The van der Waals surface area contributed by atoms with E-state index in [4.69, 9.17) is 0 Å². The van der Waals surface area contributed by atoms with Crippen molar-refractivity contribution in [2.75, 3.05) is 27.2 Å². The molecule has 0 bridgehead atoms. The van der Waals surface area contributed by atoms with E-state index in [9.17, 15) is 0 Å². The Bertz CT molecular complexity index is 188. The van der Waals surface area contributed by atoms with Gasteiger partial charge in [0.15, 0.2) is 0 Å². The van der Waals surface area contributed by atoms with Crippen molar-refractivity contribution in [3.63, 3.8) is 0 Å². The van der Waals surface area contributed by atoms with E-state index < -0.39 is 0 Å². The number of rotatable bonds is 7. The first-order chi connectivity index (χ1) is 8.08. The molecular formula is C14H31N3. The Morgan fingerprint density at radius 2 is 2.00 bits per heavy atom. The van der Waals surface area contributed by atoms with E-state index in [0.29, 0.717) is 12.1 Å². The minimum Gasteiger partial charge on any atom is -0.314 e. The molecule has 3 heteroatoms. The fourth-order valence-corrected chi connectivity index (χ4v) is 2.64. The third kappa shape index (κ3) is 7.02. The lowest BCUT2D eigenvalue weighted by atomic mass is 9.98. The monoisotopic (exact) mass is 241 g/mol. The molecule has 1 aliphatic rings. The van der Waals surface area contributed by atoms with Crippen molar-refractivity contribution in [1.82, 2.24) is 15.5 Å². The predicted octanol–water partition coefficient (Wildman–Crippen LogP) is 1.84. The zero-order valence-corrected chi connectivity index (χ0v) is 12.1. The molecular weight excluding hydrogens is 210 g/mol. The Morgan fingerprint density at radius 3 is 2.59 bits per heavy atom. The van der Waals surface area contributed by atoms with E-state index >= 15 is 0 Å². The van der Waals surface area contributed by atoms with Gasteiger partial charge in [-0.25, -0.2) is 0 Å². The van der Waals surface area contributed by atoms with Crippen molar-refractivity contribution in [3.8, 4) is 0 Å². The maximum atomic E-state index is 3.72. The van der Waals surface area contributed by atoms with Crippen LogP contribution >= 0.6 is 0 Å². The molecule has 2 N–H and O–H groups in total. The molecule has 1 saturated heterocycles. The molecule has 0 aliphatic carbocycles. The summed E-state index contributed by atoms with van der Waals surface area (Å²) in [5.74, 6) is 0. The molecule has 17 heavy (non-hydrogen) atoms. The van der Waals surface area contributed by atoms with Crippen LogP contribution in [0.5, 0.6) is 0 Å². The van der Waals surface area contributed by atoms with Crippen LogP contribution in [-0.2, 0) is 0 Å². The summed E-state index contributed by atoms with van der Waals surface area (Å²) in [6, 6.07) is 1.99. The smallest absolute Gasteiger partial charge is 0.00817 e. The van der Waals surface area contributed by atoms with Gasteiger partial charge in [0, 0.05) is 18.1 Å². The maximum Gasteiger partial charge on any atom is 0.00817 e. The first-order valence-electron chi connectivity index (χ1n) is 7.22. The van der Waals surface area contributed by atoms with E-state index in [1.807, 2.05) is 0 Å². The highest BCUT2D eigenvalue weighted by molar-refractivity contribution is 4.78. The quantitative estimate of drug-likeness (QED) is 0.712. The lowest BCUT2D eigenvalue weighted by Crippen LogP contribution is -2.43. The number of piperidine rings is 1. The lowest BCUT2D eigenvalue weighted by molar-refractivity contribution is 0.313. The minimum absolute atomic E-state index is 0.621. The summed E-state index contributed by atoms with van der Waals surface area (Å²) in [7, 11) is 4.28. The molecule has 0 saturated carbocycles. The molecule has 1 rings (SSSR count). The first-order valence-corrected chi connectivity index (χ1v) is 7.22.